The third-order valence-electron chi connectivity index (χ3n) is 3.47. The monoisotopic (exact) mass is 346 g/mol. The lowest BCUT2D eigenvalue weighted by Crippen LogP contribution is -2.29. The van der Waals surface area contributed by atoms with Crippen molar-refractivity contribution in [1.82, 2.24) is 9.96 Å². The van der Waals surface area contributed by atoms with E-state index in [1.165, 1.54) is 24.3 Å². The van der Waals surface area contributed by atoms with Crippen molar-refractivity contribution in [1.29, 1.82) is 0 Å². The van der Waals surface area contributed by atoms with Crippen LogP contribution in [0.1, 0.15) is 28.8 Å². The fourth-order valence-electron chi connectivity index (χ4n) is 2.09. The Kier molecular flexibility index (Phi) is 5.40. The highest BCUT2D eigenvalue weighted by molar-refractivity contribution is 6.12. The Morgan fingerprint density at radius 2 is 1.40 bits per heavy atom. The molecule has 0 aliphatic carbocycles. The number of aromatic carboxylic acids is 1. The second kappa shape index (κ2) is 7.49. The standard InChI is InChI=1S/C12H9NO4.C4H5NO3/c14-10-5-6-11(15)13(10)7-8-1-3-9(4-2-8)12(16)17;6-3-1-2-4(7)5(3)8/h1-6H,7H2,(H,16,17);8H,1-2H2. The number of amides is 4. The molecule has 1 aromatic carbocycles. The SMILES string of the molecule is O=C(O)c1ccc(CN2C(=O)C=CC2=O)cc1.O=C1CCC(=O)N1O. The Balaban J connectivity index is 0.000000236. The van der Waals surface area contributed by atoms with Crippen molar-refractivity contribution in [2.75, 3.05) is 0 Å². The van der Waals surface area contributed by atoms with Gasteiger partial charge >= 0.3 is 5.97 Å². The molecule has 3 rings (SSSR count). The molecule has 25 heavy (non-hydrogen) atoms. The molecule has 9 heteroatoms. The van der Waals surface area contributed by atoms with Gasteiger partial charge < -0.3 is 5.11 Å². The summed E-state index contributed by atoms with van der Waals surface area (Å²) in [6.07, 6.45) is 2.73. The van der Waals surface area contributed by atoms with E-state index in [0.29, 0.717) is 5.56 Å². The number of rotatable bonds is 3. The molecule has 2 aliphatic heterocycles. The van der Waals surface area contributed by atoms with E-state index >= 15 is 0 Å². The minimum atomic E-state index is -1.01. The molecule has 0 bridgehead atoms. The fourth-order valence-corrected chi connectivity index (χ4v) is 2.09. The second-order valence-corrected chi connectivity index (χ2v) is 5.20. The van der Waals surface area contributed by atoms with Crippen molar-refractivity contribution in [2.45, 2.75) is 19.4 Å². The molecule has 0 unspecified atom stereocenters. The van der Waals surface area contributed by atoms with Gasteiger partial charge in [-0.3, -0.25) is 29.3 Å². The summed E-state index contributed by atoms with van der Waals surface area (Å²) in [7, 11) is 0. The summed E-state index contributed by atoms with van der Waals surface area (Å²) < 4.78 is 0. The molecular formula is C16H14N2O7. The van der Waals surface area contributed by atoms with Gasteiger partial charge in [-0.1, -0.05) is 12.1 Å². The topological polar surface area (TPSA) is 132 Å². The first-order chi connectivity index (χ1) is 11.8. The zero-order valence-electron chi connectivity index (χ0n) is 12.9. The zero-order chi connectivity index (χ0) is 18.6. The van der Waals surface area contributed by atoms with E-state index in [0.717, 1.165) is 4.90 Å². The van der Waals surface area contributed by atoms with Crippen LogP contribution >= 0.6 is 0 Å². The average molecular weight is 346 g/mol. The molecule has 2 N–H and O–H groups in total. The number of carboxylic acid groups (broad SMARTS) is 1. The Morgan fingerprint density at radius 3 is 1.76 bits per heavy atom. The highest BCUT2D eigenvalue weighted by Gasteiger charge is 2.26. The van der Waals surface area contributed by atoms with Crippen molar-refractivity contribution in [3.8, 4) is 0 Å². The van der Waals surface area contributed by atoms with Crippen LogP contribution in [0.4, 0.5) is 0 Å². The predicted molar refractivity (Wildman–Crippen MR) is 81.0 cm³/mol. The van der Waals surface area contributed by atoms with Gasteiger partial charge in [0.15, 0.2) is 0 Å². The zero-order valence-corrected chi connectivity index (χ0v) is 12.9. The third kappa shape index (κ3) is 4.36. The van der Waals surface area contributed by atoms with Gasteiger partial charge in [0, 0.05) is 25.0 Å². The van der Waals surface area contributed by atoms with Crippen LogP contribution in [0.3, 0.4) is 0 Å². The smallest absolute Gasteiger partial charge is 0.335 e. The number of hydrogen-bond acceptors (Lipinski definition) is 6. The van der Waals surface area contributed by atoms with Gasteiger partial charge in [0.25, 0.3) is 23.6 Å². The maximum Gasteiger partial charge on any atom is 0.335 e. The Bertz CT molecular complexity index is 733. The number of hydroxylamine groups is 2. The molecule has 1 aromatic rings. The van der Waals surface area contributed by atoms with Crippen molar-refractivity contribution in [2.24, 2.45) is 0 Å². The lowest BCUT2D eigenvalue weighted by molar-refractivity contribution is -0.171. The molecule has 2 aliphatic rings. The number of benzene rings is 1. The van der Waals surface area contributed by atoms with Crippen LogP contribution in [-0.2, 0) is 25.7 Å². The number of imide groups is 2. The van der Waals surface area contributed by atoms with Crippen LogP contribution in [0.15, 0.2) is 36.4 Å². The molecule has 2 heterocycles. The molecule has 0 spiro atoms. The molecular weight excluding hydrogens is 332 g/mol. The first-order valence-corrected chi connectivity index (χ1v) is 7.20. The molecule has 4 amide bonds. The number of hydrogen-bond donors (Lipinski definition) is 2. The Labute approximate surface area is 141 Å². The van der Waals surface area contributed by atoms with Crippen molar-refractivity contribution < 1.29 is 34.3 Å². The Morgan fingerprint density at radius 1 is 0.920 bits per heavy atom. The van der Waals surface area contributed by atoms with Crippen LogP contribution in [0.25, 0.3) is 0 Å². The van der Waals surface area contributed by atoms with E-state index in [9.17, 15) is 24.0 Å². The predicted octanol–water partition coefficient (Wildman–Crippen LogP) is 0.334. The number of nitrogens with zero attached hydrogens (tertiary/aromatic N) is 2. The van der Waals surface area contributed by atoms with E-state index in [4.69, 9.17) is 10.3 Å². The van der Waals surface area contributed by atoms with Gasteiger partial charge in [-0.15, -0.1) is 0 Å². The van der Waals surface area contributed by atoms with Gasteiger partial charge in [-0.05, 0) is 17.7 Å². The van der Waals surface area contributed by atoms with Crippen LogP contribution < -0.4 is 0 Å². The summed E-state index contributed by atoms with van der Waals surface area (Å²) in [6, 6.07) is 6.05. The summed E-state index contributed by atoms with van der Waals surface area (Å²) >= 11 is 0. The number of carbonyl (C=O) groups excluding carboxylic acids is 4. The number of carboxylic acids is 1. The van der Waals surface area contributed by atoms with Gasteiger partial charge in [0.1, 0.15) is 0 Å². The Hall–Kier alpha value is -3.33. The fraction of sp³-hybridized carbons (Fsp3) is 0.188. The summed E-state index contributed by atoms with van der Waals surface area (Å²) in [5.74, 6) is -2.72. The van der Waals surface area contributed by atoms with Crippen LogP contribution in [-0.4, -0.2) is 49.9 Å². The van der Waals surface area contributed by atoms with E-state index < -0.39 is 17.8 Å². The first kappa shape index (κ1) is 18.0. The maximum absolute atomic E-state index is 11.3. The largest absolute Gasteiger partial charge is 0.478 e. The van der Waals surface area contributed by atoms with Gasteiger partial charge in [-0.25, -0.2) is 4.79 Å². The molecule has 1 saturated heterocycles. The summed E-state index contributed by atoms with van der Waals surface area (Å²) in [5, 5.41) is 17.3. The minimum Gasteiger partial charge on any atom is -0.478 e. The molecule has 0 saturated carbocycles. The number of carbonyl (C=O) groups is 5. The van der Waals surface area contributed by atoms with E-state index in [1.54, 1.807) is 12.1 Å². The van der Waals surface area contributed by atoms with Gasteiger partial charge in [0.2, 0.25) is 0 Å². The van der Waals surface area contributed by atoms with E-state index in [2.05, 4.69) is 0 Å². The molecule has 9 nitrogen and oxygen atoms in total. The van der Waals surface area contributed by atoms with Gasteiger partial charge in [-0.2, -0.15) is 5.06 Å². The third-order valence-corrected chi connectivity index (χ3v) is 3.47. The molecule has 0 radical (unpaired) electrons. The first-order valence-electron chi connectivity index (χ1n) is 7.20. The lowest BCUT2D eigenvalue weighted by atomic mass is 10.1. The average Bonchev–Trinajstić information content (AvgIpc) is 3.06. The van der Waals surface area contributed by atoms with E-state index in [-0.39, 0.29) is 41.8 Å². The quantitative estimate of drug-likeness (QED) is 0.595. The maximum atomic E-state index is 11.3. The molecule has 130 valence electrons. The summed E-state index contributed by atoms with van der Waals surface area (Å²) in [5.41, 5.74) is 0.881. The van der Waals surface area contributed by atoms with Gasteiger partial charge in [0.05, 0.1) is 12.1 Å². The summed E-state index contributed by atoms with van der Waals surface area (Å²) in [4.78, 5) is 54.8. The highest BCUT2D eigenvalue weighted by atomic mass is 16.5. The van der Waals surface area contributed by atoms with Crippen LogP contribution in [0, 0.1) is 0 Å². The van der Waals surface area contributed by atoms with Crippen molar-refractivity contribution >= 4 is 29.6 Å². The van der Waals surface area contributed by atoms with Crippen LogP contribution in [0.5, 0.6) is 0 Å². The molecule has 0 atom stereocenters. The molecule has 1 fully saturated rings. The molecule has 0 aromatic heterocycles. The normalized spacial score (nSPS) is 16.4. The van der Waals surface area contributed by atoms with Crippen LogP contribution in [0.2, 0.25) is 0 Å². The van der Waals surface area contributed by atoms with E-state index in [1.807, 2.05) is 0 Å². The minimum absolute atomic E-state index is 0.148. The highest BCUT2D eigenvalue weighted by Crippen LogP contribution is 2.12. The van der Waals surface area contributed by atoms with Crippen molar-refractivity contribution in [3.05, 3.63) is 47.5 Å². The summed E-state index contributed by atoms with van der Waals surface area (Å²) in [6.45, 7) is 0.157. The lowest BCUT2D eigenvalue weighted by Gasteiger charge is -2.13. The van der Waals surface area contributed by atoms with Crippen molar-refractivity contribution in [3.63, 3.8) is 0 Å². The second-order valence-electron chi connectivity index (χ2n) is 5.20.